The molecule has 0 aliphatic carbocycles. The van der Waals surface area contributed by atoms with Gasteiger partial charge in [-0.3, -0.25) is 0 Å². The molecule has 1 aromatic carbocycles. The van der Waals surface area contributed by atoms with Crippen LogP contribution in [0.3, 0.4) is 0 Å². The van der Waals surface area contributed by atoms with Crippen LogP contribution < -0.4 is 9.47 Å². The molecule has 0 N–H and O–H groups in total. The molecule has 0 bridgehead atoms. The maximum absolute atomic E-state index is 5.60. The predicted octanol–water partition coefficient (Wildman–Crippen LogP) is 3.60. The molecule has 0 atom stereocenters. The number of oxazole rings is 1. The van der Waals surface area contributed by atoms with Gasteiger partial charge in [0.1, 0.15) is 17.8 Å². The summed E-state index contributed by atoms with van der Waals surface area (Å²) in [6.45, 7) is 2.57. The summed E-state index contributed by atoms with van der Waals surface area (Å²) in [5.41, 5.74) is 0.646. The number of hydrogen-bond donors (Lipinski definition) is 0. The Morgan fingerprint density at radius 1 is 1.24 bits per heavy atom. The Bertz CT molecular complexity index is 467. The molecule has 0 radical (unpaired) electrons. The van der Waals surface area contributed by atoms with E-state index in [4.69, 9.17) is 25.5 Å². The van der Waals surface area contributed by atoms with Crippen LogP contribution >= 0.6 is 11.6 Å². The molecule has 5 heteroatoms. The third-order valence-electron chi connectivity index (χ3n) is 2.01. The van der Waals surface area contributed by atoms with Gasteiger partial charge >= 0.3 is 6.08 Å². The third-order valence-corrected chi connectivity index (χ3v) is 2.28. The highest BCUT2D eigenvalue weighted by atomic mass is 35.5. The summed E-state index contributed by atoms with van der Waals surface area (Å²) < 4.78 is 15.8. The van der Waals surface area contributed by atoms with Crippen molar-refractivity contribution in [2.45, 2.75) is 12.8 Å². The van der Waals surface area contributed by atoms with Crippen LogP contribution in [-0.4, -0.2) is 11.6 Å². The number of halogens is 1. The van der Waals surface area contributed by atoms with Gasteiger partial charge in [-0.25, -0.2) is 0 Å². The molecule has 0 saturated heterocycles. The summed E-state index contributed by atoms with van der Waals surface area (Å²) >= 11 is 5.60. The van der Waals surface area contributed by atoms with Crippen LogP contribution in [0.25, 0.3) is 0 Å². The molecular formula is C12H12ClNO3. The van der Waals surface area contributed by atoms with Gasteiger partial charge in [0.25, 0.3) is 0 Å². The first kappa shape index (κ1) is 11.8. The van der Waals surface area contributed by atoms with Crippen LogP contribution in [0.2, 0.25) is 0 Å². The second kappa shape index (κ2) is 5.59. The SMILES string of the molecule is CCOc1ccc(Oc2nc(CCl)co2)cc1. The summed E-state index contributed by atoms with van der Waals surface area (Å²) in [6.07, 6.45) is 1.65. The van der Waals surface area contributed by atoms with Crippen LogP contribution in [0.4, 0.5) is 0 Å². The predicted molar refractivity (Wildman–Crippen MR) is 63.7 cm³/mol. The van der Waals surface area contributed by atoms with E-state index in [9.17, 15) is 0 Å². The van der Waals surface area contributed by atoms with Crippen LogP contribution in [0.5, 0.6) is 17.6 Å². The largest absolute Gasteiger partial charge is 0.494 e. The maximum Gasteiger partial charge on any atom is 0.399 e. The van der Waals surface area contributed by atoms with Crippen molar-refractivity contribution in [3.8, 4) is 17.6 Å². The zero-order chi connectivity index (χ0) is 12.1. The van der Waals surface area contributed by atoms with Crippen molar-refractivity contribution in [3.63, 3.8) is 0 Å². The summed E-state index contributed by atoms with van der Waals surface area (Å²) in [4.78, 5) is 4.03. The molecule has 2 rings (SSSR count). The number of alkyl halides is 1. The van der Waals surface area contributed by atoms with Gasteiger partial charge in [0.05, 0.1) is 18.2 Å². The number of benzene rings is 1. The van der Waals surface area contributed by atoms with Crippen LogP contribution in [0.1, 0.15) is 12.6 Å². The number of hydrogen-bond acceptors (Lipinski definition) is 4. The van der Waals surface area contributed by atoms with E-state index in [0.717, 1.165) is 5.75 Å². The van der Waals surface area contributed by atoms with Crippen LogP contribution in [0.15, 0.2) is 34.9 Å². The molecule has 0 amide bonds. The van der Waals surface area contributed by atoms with Gasteiger partial charge in [0.2, 0.25) is 0 Å². The van der Waals surface area contributed by atoms with E-state index in [-0.39, 0.29) is 6.08 Å². The second-order valence-electron chi connectivity index (χ2n) is 3.24. The molecule has 0 aliphatic rings. The molecular weight excluding hydrogens is 242 g/mol. The Labute approximate surface area is 104 Å². The van der Waals surface area contributed by atoms with Gasteiger partial charge in [0.15, 0.2) is 0 Å². The number of nitrogens with zero attached hydrogens (tertiary/aromatic N) is 1. The number of rotatable bonds is 5. The zero-order valence-electron chi connectivity index (χ0n) is 9.35. The first-order chi connectivity index (χ1) is 8.31. The molecule has 0 fully saturated rings. The summed E-state index contributed by atoms with van der Waals surface area (Å²) in [5.74, 6) is 1.74. The highest BCUT2D eigenvalue weighted by molar-refractivity contribution is 6.16. The smallest absolute Gasteiger partial charge is 0.399 e. The Hall–Kier alpha value is -1.68. The monoisotopic (exact) mass is 253 g/mol. The normalized spacial score (nSPS) is 10.2. The summed E-state index contributed by atoms with van der Waals surface area (Å²) in [7, 11) is 0. The molecule has 0 aliphatic heterocycles. The van der Waals surface area contributed by atoms with Crippen molar-refractivity contribution in [2.75, 3.05) is 6.61 Å². The highest BCUT2D eigenvalue weighted by Crippen LogP contribution is 2.23. The Morgan fingerprint density at radius 3 is 2.53 bits per heavy atom. The minimum absolute atomic E-state index is 0.185. The fourth-order valence-electron chi connectivity index (χ4n) is 1.27. The van der Waals surface area contributed by atoms with Crippen molar-refractivity contribution in [3.05, 3.63) is 36.2 Å². The average Bonchev–Trinajstić information content (AvgIpc) is 2.80. The lowest BCUT2D eigenvalue weighted by atomic mass is 10.3. The number of ether oxygens (including phenoxy) is 2. The minimum Gasteiger partial charge on any atom is -0.494 e. The van der Waals surface area contributed by atoms with Crippen LogP contribution in [-0.2, 0) is 5.88 Å². The molecule has 0 spiro atoms. The van der Waals surface area contributed by atoms with Crippen molar-refractivity contribution < 1.29 is 13.9 Å². The van der Waals surface area contributed by atoms with E-state index < -0.39 is 0 Å². The Morgan fingerprint density at radius 2 is 1.94 bits per heavy atom. The molecule has 1 heterocycles. The lowest BCUT2D eigenvalue weighted by Gasteiger charge is -2.04. The third kappa shape index (κ3) is 3.14. The van der Waals surface area contributed by atoms with Crippen molar-refractivity contribution >= 4 is 11.6 Å². The molecule has 0 saturated carbocycles. The average molecular weight is 254 g/mol. The van der Waals surface area contributed by atoms with Gasteiger partial charge in [-0.15, -0.1) is 11.6 Å². The van der Waals surface area contributed by atoms with E-state index in [1.54, 1.807) is 12.1 Å². The Balaban J connectivity index is 2.03. The van der Waals surface area contributed by atoms with E-state index in [1.165, 1.54) is 6.26 Å². The summed E-state index contributed by atoms with van der Waals surface area (Å²) in [5, 5.41) is 0. The standard InChI is InChI=1S/C12H12ClNO3/c1-2-15-10-3-5-11(6-4-10)17-12-14-9(7-13)8-16-12/h3-6,8H,2,7H2,1H3. The van der Waals surface area contributed by atoms with Gasteiger partial charge in [0, 0.05) is 0 Å². The highest BCUT2D eigenvalue weighted by Gasteiger charge is 2.05. The molecule has 0 unspecified atom stereocenters. The molecule has 17 heavy (non-hydrogen) atoms. The fourth-order valence-corrected chi connectivity index (χ4v) is 1.39. The molecule has 4 nitrogen and oxygen atoms in total. The molecule has 2 aromatic rings. The van der Waals surface area contributed by atoms with Gasteiger partial charge in [-0.05, 0) is 31.2 Å². The summed E-state index contributed by atoms with van der Waals surface area (Å²) in [6, 6.07) is 7.22. The van der Waals surface area contributed by atoms with Crippen molar-refractivity contribution in [1.29, 1.82) is 0 Å². The van der Waals surface area contributed by atoms with E-state index >= 15 is 0 Å². The first-order valence-electron chi connectivity index (χ1n) is 5.23. The lowest BCUT2D eigenvalue weighted by Crippen LogP contribution is -1.91. The molecule has 1 aromatic heterocycles. The van der Waals surface area contributed by atoms with E-state index in [1.807, 2.05) is 19.1 Å². The fraction of sp³-hybridized carbons (Fsp3) is 0.250. The lowest BCUT2D eigenvalue weighted by molar-refractivity contribution is 0.326. The maximum atomic E-state index is 5.60. The van der Waals surface area contributed by atoms with E-state index in [0.29, 0.717) is 23.9 Å². The second-order valence-corrected chi connectivity index (χ2v) is 3.51. The van der Waals surface area contributed by atoms with Crippen LogP contribution in [0, 0.1) is 0 Å². The van der Waals surface area contributed by atoms with Crippen molar-refractivity contribution in [1.82, 2.24) is 4.98 Å². The van der Waals surface area contributed by atoms with E-state index in [2.05, 4.69) is 4.98 Å². The number of aromatic nitrogens is 1. The van der Waals surface area contributed by atoms with Gasteiger partial charge in [-0.1, -0.05) is 0 Å². The van der Waals surface area contributed by atoms with Gasteiger partial charge in [-0.2, -0.15) is 4.98 Å². The first-order valence-corrected chi connectivity index (χ1v) is 5.76. The minimum atomic E-state index is 0.185. The van der Waals surface area contributed by atoms with Gasteiger partial charge < -0.3 is 13.9 Å². The topological polar surface area (TPSA) is 44.5 Å². The Kier molecular flexibility index (Phi) is 3.88. The molecule has 90 valence electrons. The van der Waals surface area contributed by atoms with Crippen molar-refractivity contribution in [2.24, 2.45) is 0 Å². The quantitative estimate of drug-likeness (QED) is 0.764. The zero-order valence-corrected chi connectivity index (χ0v) is 10.1.